The summed E-state index contributed by atoms with van der Waals surface area (Å²) in [7, 11) is 2.42. The van der Waals surface area contributed by atoms with Crippen LogP contribution in [0.2, 0.25) is 6.04 Å². The maximum atomic E-state index is 5.84. The highest BCUT2D eigenvalue weighted by molar-refractivity contribution is 6.60. The lowest BCUT2D eigenvalue weighted by Crippen LogP contribution is -2.55. The molecular formula is C17H34O7Si. The molecule has 0 atom stereocenters. The van der Waals surface area contributed by atoms with Gasteiger partial charge in [-0.2, -0.15) is 0 Å². The van der Waals surface area contributed by atoms with Crippen LogP contribution in [-0.4, -0.2) is 62.7 Å². The summed E-state index contributed by atoms with van der Waals surface area (Å²) in [4.78, 5) is 0. The minimum absolute atomic E-state index is 0.0727. The van der Waals surface area contributed by atoms with Crippen LogP contribution in [-0.2, 0) is 32.2 Å². The molecule has 1 spiro atoms. The lowest BCUT2D eigenvalue weighted by Gasteiger charge is -2.46. The molecule has 0 aliphatic carbocycles. The molecule has 0 aromatic rings. The Morgan fingerprint density at radius 2 is 1.40 bits per heavy atom. The SMILES string of the molecule is CCC1(CC)COC2(OCC(CCC[Si](OC)(OC)OC)CO2)OC1. The number of hydrogen-bond acceptors (Lipinski definition) is 7. The molecule has 0 bridgehead atoms. The average Bonchev–Trinajstić information content (AvgIpc) is 2.68. The van der Waals surface area contributed by atoms with Gasteiger partial charge in [-0.3, -0.25) is 0 Å². The van der Waals surface area contributed by atoms with Crippen molar-refractivity contribution in [2.24, 2.45) is 11.3 Å². The third-order valence-corrected chi connectivity index (χ3v) is 8.46. The fourth-order valence-electron chi connectivity index (χ4n) is 3.25. The zero-order chi connectivity index (χ0) is 18.4. The highest BCUT2D eigenvalue weighted by Crippen LogP contribution is 2.38. The van der Waals surface area contributed by atoms with Crippen LogP contribution in [0.3, 0.4) is 0 Å². The average molecular weight is 379 g/mol. The lowest BCUT2D eigenvalue weighted by molar-refractivity contribution is -0.541. The van der Waals surface area contributed by atoms with Gasteiger partial charge in [-0.05, 0) is 25.7 Å². The Balaban J connectivity index is 1.73. The molecule has 0 aromatic heterocycles. The maximum absolute atomic E-state index is 5.84. The van der Waals surface area contributed by atoms with Crippen LogP contribution in [0.1, 0.15) is 39.5 Å². The molecule has 8 heteroatoms. The predicted octanol–water partition coefficient (Wildman–Crippen LogP) is 2.77. The molecule has 2 heterocycles. The normalized spacial score (nSPS) is 23.9. The minimum Gasteiger partial charge on any atom is -0.377 e. The van der Waals surface area contributed by atoms with Crippen LogP contribution in [0.15, 0.2) is 0 Å². The van der Waals surface area contributed by atoms with Gasteiger partial charge in [0.1, 0.15) is 0 Å². The van der Waals surface area contributed by atoms with Gasteiger partial charge in [-0.1, -0.05) is 13.8 Å². The molecule has 25 heavy (non-hydrogen) atoms. The Morgan fingerprint density at radius 1 is 0.880 bits per heavy atom. The van der Waals surface area contributed by atoms with Crippen molar-refractivity contribution < 1.29 is 32.2 Å². The fourth-order valence-corrected chi connectivity index (χ4v) is 5.00. The first-order valence-electron chi connectivity index (χ1n) is 9.22. The van der Waals surface area contributed by atoms with E-state index in [9.17, 15) is 0 Å². The molecule has 0 saturated carbocycles. The second-order valence-electron chi connectivity index (χ2n) is 6.96. The molecular weight excluding hydrogens is 344 g/mol. The summed E-state index contributed by atoms with van der Waals surface area (Å²) in [5.74, 6) is 0.305. The van der Waals surface area contributed by atoms with Crippen molar-refractivity contribution in [1.82, 2.24) is 0 Å². The number of hydrogen-bond donors (Lipinski definition) is 0. The van der Waals surface area contributed by atoms with E-state index in [0.29, 0.717) is 32.3 Å². The second kappa shape index (κ2) is 9.23. The fraction of sp³-hybridized carbons (Fsp3) is 1.00. The van der Waals surface area contributed by atoms with Crippen LogP contribution >= 0.6 is 0 Å². The van der Waals surface area contributed by atoms with E-state index < -0.39 is 15.0 Å². The molecule has 2 aliphatic rings. The Bertz CT molecular complexity index is 370. The van der Waals surface area contributed by atoms with E-state index in [1.807, 2.05) is 0 Å². The zero-order valence-corrected chi connectivity index (χ0v) is 17.3. The van der Waals surface area contributed by atoms with E-state index in [1.54, 1.807) is 21.3 Å². The molecule has 0 N–H and O–H groups in total. The van der Waals surface area contributed by atoms with Crippen molar-refractivity contribution in [2.45, 2.75) is 51.7 Å². The summed E-state index contributed by atoms with van der Waals surface area (Å²) < 4.78 is 39.7. The highest BCUT2D eigenvalue weighted by Gasteiger charge is 2.48. The lowest BCUT2D eigenvalue weighted by atomic mass is 9.84. The first-order valence-corrected chi connectivity index (χ1v) is 11.1. The minimum atomic E-state index is -2.50. The van der Waals surface area contributed by atoms with Crippen molar-refractivity contribution in [1.29, 1.82) is 0 Å². The third kappa shape index (κ3) is 5.01. The van der Waals surface area contributed by atoms with Crippen molar-refractivity contribution >= 4 is 8.80 Å². The summed E-state index contributed by atoms with van der Waals surface area (Å²) in [5.41, 5.74) is 0.0727. The van der Waals surface area contributed by atoms with Crippen LogP contribution in [0.25, 0.3) is 0 Å². The molecule has 2 saturated heterocycles. The van der Waals surface area contributed by atoms with Crippen LogP contribution < -0.4 is 0 Å². The monoisotopic (exact) mass is 378 g/mol. The molecule has 2 rings (SSSR count). The Morgan fingerprint density at radius 3 is 1.84 bits per heavy atom. The van der Waals surface area contributed by atoms with Gasteiger partial charge in [0.25, 0.3) is 0 Å². The first-order chi connectivity index (χ1) is 12.0. The van der Waals surface area contributed by atoms with Crippen molar-refractivity contribution in [3.8, 4) is 0 Å². The number of rotatable bonds is 9. The Labute approximate surface area is 152 Å². The maximum Gasteiger partial charge on any atom is 0.500 e. The molecule has 0 aromatic carbocycles. The van der Waals surface area contributed by atoms with Crippen LogP contribution in [0.5, 0.6) is 0 Å². The molecule has 0 amide bonds. The van der Waals surface area contributed by atoms with Crippen LogP contribution in [0.4, 0.5) is 0 Å². The summed E-state index contributed by atoms with van der Waals surface area (Å²) in [5, 5.41) is 0. The van der Waals surface area contributed by atoms with E-state index in [0.717, 1.165) is 31.7 Å². The third-order valence-electron chi connectivity index (χ3n) is 5.63. The molecule has 0 unspecified atom stereocenters. The Hall–Kier alpha value is -0.0631. The van der Waals surface area contributed by atoms with Gasteiger partial charge < -0.3 is 32.2 Å². The molecule has 2 fully saturated rings. The van der Waals surface area contributed by atoms with Gasteiger partial charge in [-0.25, -0.2) is 0 Å². The second-order valence-corrected chi connectivity index (χ2v) is 10.1. The molecule has 7 nitrogen and oxygen atoms in total. The topological polar surface area (TPSA) is 64.6 Å². The summed E-state index contributed by atoms with van der Waals surface area (Å²) >= 11 is 0. The molecule has 0 radical (unpaired) electrons. The van der Waals surface area contributed by atoms with Gasteiger partial charge in [-0.15, -0.1) is 0 Å². The van der Waals surface area contributed by atoms with Gasteiger partial charge in [0, 0.05) is 38.7 Å². The molecule has 148 valence electrons. The number of ether oxygens (including phenoxy) is 4. The summed E-state index contributed by atoms with van der Waals surface area (Å²) in [6, 6.07) is 0.778. The summed E-state index contributed by atoms with van der Waals surface area (Å²) in [6.45, 7) is 6.66. The van der Waals surface area contributed by atoms with Gasteiger partial charge in [0.05, 0.1) is 26.4 Å². The van der Waals surface area contributed by atoms with Crippen molar-refractivity contribution in [3.63, 3.8) is 0 Å². The van der Waals surface area contributed by atoms with E-state index in [2.05, 4.69) is 13.8 Å². The highest BCUT2D eigenvalue weighted by atomic mass is 28.4. The molecule has 2 aliphatic heterocycles. The van der Waals surface area contributed by atoms with Gasteiger partial charge in [0.15, 0.2) is 0 Å². The zero-order valence-electron chi connectivity index (χ0n) is 16.3. The van der Waals surface area contributed by atoms with Gasteiger partial charge >= 0.3 is 15.0 Å². The Kier molecular flexibility index (Phi) is 7.84. The first kappa shape index (κ1) is 21.2. The quantitative estimate of drug-likeness (QED) is 0.572. The standard InChI is InChI=1S/C17H34O7Si/c1-6-16(7-2)13-23-17(24-14-16)21-11-15(12-22-17)9-8-10-25(18-3,19-4)20-5/h15H,6-14H2,1-5H3. The van der Waals surface area contributed by atoms with Crippen molar-refractivity contribution in [2.75, 3.05) is 47.8 Å². The van der Waals surface area contributed by atoms with Crippen molar-refractivity contribution in [3.05, 3.63) is 0 Å². The van der Waals surface area contributed by atoms with E-state index in [1.165, 1.54) is 0 Å². The van der Waals surface area contributed by atoms with Gasteiger partial charge in [0.2, 0.25) is 0 Å². The largest absolute Gasteiger partial charge is 0.500 e. The van der Waals surface area contributed by atoms with E-state index in [4.69, 9.17) is 32.2 Å². The van der Waals surface area contributed by atoms with Crippen LogP contribution in [0, 0.1) is 11.3 Å². The predicted molar refractivity (Wildman–Crippen MR) is 93.9 cm³/mol. The summed E-state index contributed by atoms with van der Waals surface area (Å²) in [6.07, 6.45) is 2.63. The van der Waals surface area contributed by atoms with E-state index in [-0.39, 0.29) is 5.41 Å². The smallest absolute Gasteiger partial charge is 0.377 e. The van der Waals surface area contributed by atoms with E-state index >= 15 is 0 Å².